The molecule has 4 nitrogen and oxygen atoms in total. The predicted octanol–water partition coefficient (Wildman–Crippen LogP) is 13.5. The standard InChI is InChI=1S/C48H27N3OS/c1-2-13-28(14-3-1)37-27-38-32-25-26-41-43(46(32)52-45(38)31-17-5-4-15-29(31)37)35-19-7-10-23-40(35)51(41)48-49-39-22-9-6-18-34(39)44(50-48)36-21-12-20-33-30-16-8-11-24-42(30)53-47(33)36/h1-27H. The average Bonchev–Trinajstić information content (AvgIpc) is 3.90. The van der Waals surface area contributed by atoms with Crippen LogP contribution in [0.5, 0.6) is 0 Å². The quantitative estimate of drug-likeness (QED) is 0.185. The van der Waals surface area contributed by atoms with Gasteiger partial charge in [-0.2, -0.15) is 0 Å². The van der Waals surface area contributed by atoms with Gasteiger partial charge in [0.1, 0.15) is 11.2 Å². The molecule has 0 N–H and O–H groups in total. The number of para-hydroxylation sites is 2. The van der Waals surface area contributed by atoms with Crippen LogP contribution in [0.25, 0.3) is 114 Å². The van der Waals surface area contributed by atoms with Crippen LogP contribution in [0.4, 0.5) is 0 Å². The number of hydrogen-bond donors (Lipinski definition) is 0. The number of furan rings is 1. The number of hydrogen-bond acceptors (Lipinski definition) is 4. The SMILES string of the molecule is c1ccc(-c2cc3c4ccc5c(c6ccccc6n5-c5nc(-c6cccc7c6sc6ccccc67)c6ccccc6n5)c4oc3c3ccccc23)cc1. The summed E-state index contributed by atoms with van der Waals surface area (Å²) in [6, 6.07) is 58.1. The van der Waals surface area contributed by atoms with E-state index in [0.29, 0.717) is 5.95 Å². The third-order valence-electron chi connectivity index (χ3n) is 10.8. The first-order valence-electron chi connectivity index (χ1n) is 17.8. The van der Waals surface area contributed by atoms with Gasteiger partial charge in [0.25, 0.3) is 0 Å². The van der Waals surface area contributed by atoms with Crippen molar-refractivity contribution in [3.05, 3.63) is 164 Å². The smallest absolute Gasteiger partial charge is 0.235 e. The Morgan fingerprint density at radius 1 is 0.453 bits per heavy atom. The Balaban J connectivity index is 1.17. The molecule has 0 aliphatic rings. The van der Waals surface area contributed by atoms with Crippen LogP contribution < -0.4 is 0 Å². The second-order valence-electron chi connectivity index (χ2n) is 13.7. The molecule has 0 atom stereocenters. The van der Waals surface area contributed by atoms with Crippen molar-refractivity contribution < 1.29 is 4.42 Å². The highest BCUT2D eigenvalue weighted by atomic mass is 32.1. The van der Waals surface area contributed by atoms with Gasteiger partial charge in [0.15, 0.2) is 0 Å². The number of benzene rings is 8. The fourth-order valence-corrected chi connectivity index (χ4v) is 9.70. The van der Waals surface area contributed by atoms with E-state index in [2.05, 4.69) is 168 Å². The molecule has 0 amide bonds. The van der Waals surface area contributed by atoms with Crippen molar-refractivity contribution in [3.8, 4) is 28.3 Å². The second-order valence-corrected chi connectivity index (χ2v) is 14.7. The second kappa shape index (κ2) is 10.8. The van der Waals surface area contributed by atoms with E-state index in [0.717, 1.165) is 71.3 Å². The Bertz CT molecular complexity index is 3460. The zero-order valence-corrected chi connectivity index (χ0v) is 29.1. The molecule has 0 fully saturated rings. The molecule has 246 valence electrons. The lowest BCUT2D eigenvalue weighted by atomic mass is 9.95. The zero-order valence-electron chi connectivity index (χ0n) is 28.2. The maximum absolute atomic E-state index is 7.01. The topological polar surface area (TPSA) is 43.9 Å². The lowest BCUT2D eigenvalue weighted by Crippen LogP contribution is -2.03. The molecule has 8 aromatic carbocycles. The summed E-state index contributed by atoms with van der Waals surface area (Å²) in [5.41, 5.74) is 9.15. The Morgan fingerprint density at radius 2 is 1.15 bits per heavy atom. The van der Waals surface area contributed by atoms with Crippen molar-refractivity contribution in [2.45, 2.75) is 0 Å². The van der Waals surface area contributed by atoms with E-state index in [9.17, 15) is 0 Å². The van der Waals surface area contributed by atoms with Gasteiger partial charge in [0.2, 0.25) is 5.95 Å². The lowest BCUT2D eigenvalue weighted by Gasteiger charge is -2.12. The minimum absolute atomic E-state index is 0.635. The van der Waals surface area contributed by atoms with Gasteiger partial charge in [0.05, 0.1) is 27.6 Å². The minimum Gasteiger partial charge on any atom is -0.455 e. The summed E-state index contributed by atoms with van der Waals surface area (Å²) in [5, 5.41) is 10.2. The molecule has 0 saturated heterocycles. The summed E-state index contributed by atoms with van der Waals surface area (Å²) >= 11 is 1.82. The van der Waals surface area contributed by atoms with E-state index in [1.807, 2.05) is 11.3 Å². The molecule has 53 heavy (non-hydrogen) atoms. The normalized spacial score (nSPS) is 12.2. The van der Waals surface area contributed by atoms with E-state index < -0.39 is 0 Å². The molecule has 0 aliphatic carbocycles. The number of nitrogens with zero attached hydrogens (tertiary/aromatic N) is 3. The van der Waals surface area contributed by atoms with Crippen LogP contribution in [0.2, 0.25) is 0 Å². The van der Waals surface area contributed by atoms with E-state index in [4.69, 9.17) is 14.4 Å². The van der Waals surface area contributed by atoms with Gasteiger partial charge < -0.3 is 4.42 Å². The molecule has 0 saturated carbocycles. The average molecular weight is 694 g/mol. The van der Waals surface area contributed by atoms with Crippen molar-refractivity contribution in [1.29, 1.82) is 0 Å². The van der Waals surface area contributed by atoms with Crippen LogP contribution in [-0.2, 0) is 0 Å². The summed E-state index contributed by atoms with van der Waals surface area (Å²) in [5.74, 6) is 0.635. The van der Waals surface area contributed by atoms with E-state index >= 15 is 0 Å². The zero-order chi connectivity index (χ0) is 34.6. The minimum atomic E-state index is 0.635. The van der Waals surface area contributed by atoms with E-state index in [1.165, 1.54) is 36.7 Å². The van der Waals surface area contributed by atoms with Gasteiger partial charge >= 0.3 is 0 Å². The summed E-state index contributed by atoms with van der Waals surface area (Å²) in [4.78, 5) is 10.7. The third kappa shape index (κ3) is 4.05. The molecule has 0 aliphatic heterocycles. The van der Waals surface area contributed by atoms with Gasteiger partial charge in [-0.05, 0) is 52.9 Å². The molecule has 0 bridgehead atoms. The van der Waals surface area contributed by atoms with E-state index in [1.54, 1.807) is 0 Å². The maximum Gasteiger partial charge on any atom is 0.235 e. The molecule has 5 heteroatoms. The predicted molar refractivity (Wildman–Crippen MR) is 222 cm³/mol. The first-order valence-corrected chi connectivity index (χ1v) is 18.7. The molecule has 4 heterocycles. The Morgan fingerprint density at radius 3 is 2.04 bits per heavy atom. The molecule has 4 aromatic heterocycles. The van der Waals surface area contributed by atoms with Gasteiger partial charge in [0, 0.05) is 52.7 Å². The molecular weight excluding hydrogens is 667 g/mol. The largest absolute Gasteiger partial charge is 0.455 e. The van der Waals surface area contributed by atoms with Crippen molar-refractivity contribution in [2.24, 2.45) is 0 Å². The summed E-state index contributed by atoms with van der Waals surface area (Å²) in [6.07, 6.45) is 0. The van der Waals surface area contributed by atoms with E-state index in [-0.39, 0.29) is 0 Å². The van der Waals surface area contributed by atoms with Gasteiger partial charge in [-0.3, -0.25) is 4.57 Å². The molecule has 12 rings (SSSR count). The highest BCUT2D eigenvalue weighted by Crippen LogP contribution is 2.45. The lowest BCUT2D eigenvalue weighted by molar-refractivity contribution is 0.676. The fraction of sp³-hybridized carbons (Fsp3) is 0. The number of rotatable bonds is 3. The Kier molecular flexibility index (Phi) is 5.90. The van der Waals surface area contributed by atoms with Gasteiger partial charge in [-0.25, -0.2) is 9.97 Å². The molecule has 0 radical (unpaired) electrons. The number of thiophene rings is 1. The third-order valence-corrected chi connectivity index (χ3v) is 12.0. The fourth-order valence-electron chi connectivity index (χ4n) is 8.48. The van der Waals surface area contributed by atoms with Crippen molar-refractivity contribution >= 4 is 96.9 Å². The first-order chi connectivity index (χ1) is 26.3. The summed E-state index contributed by atoms with van der Waals surface area (Å²) < 4.78 is 11.7. The van der Waals surface area contributed by atoms with Crippen LogP contribution in [0.15, 0.2) is 168 Å². The summed E-state index contributed by atoms with van der Waals surface area (Å²) in [7, 11) is 0. The molecule has 12 aromatic rings. The highest BCUT2D eigenvalue weighted by molar-refractivity contribution is 7.26. The van der Waals surface area contributed by atoms with Crippen LogP contribution in [-0.4, -0.2) is 14.5 Å². The Labute approximate surface area is 306 Å². The molecular formula is C48H27N3OS. The van der Waals surface area contributed by atoms with Crippen LogP contribution in [0.1, 0.15) is 0 Å². The first kappa shape index (κ1) is 28.8. The van der Waals surface area contributed by atoms with Gasteiger partial charge in [-0.1, -0.05) is 127 Å². The monoisotopic (exact) mass is 693 g/mol. The van der Waals surface area contributed by atoms with Crippen molar-refractivity contribution in [2.75, 3.05) is 0 Å². The number of aromatic nitrogens is 3. The van der Waals surface area contributed by atoms with Crippen molar-refractivity contribution in [3.63, 3.8) is 0 Å². The highest BCUT2D eigenvalue weighted by Gasteiger charge is 2.23. The van der Waals surface area contributed by atoms with Crippen LogP contribution in [0, 0.1) is 0 Å². The van der Waals surface area contributed by atoms with Crippen LogP contribution >= 0.6 is 11.3 Å². The molecule has 0 spiro atoms. The maximum atomic E-state index is 7.01. The molecule has 0 unspecified atom stereocenters. The number of fused-ring (bicyclic) bond motifs is 13. The van der Waals surface area contributed by atoms with Gasteiger partial charge in [-0.15, -0.1) is 11.3 Å². The van der Waals surface area contributed by atoms with Crippen LogP contribution in [0.3, 0.4) is 0 Å². The van der Waals surface area contributed by atoms with Crippen molar-refractivity contribution in [1.82, 2.24) is 14.5 Å². The Hall–Kier alpha value is -6.82. The summed E-state index contributed by atoms with van der Waals surface area (Å²) in [6.45, 7) is 0.